The normalized spacial score (nSPS) is 15.9. The van der Waals surface area contributed by atoms with Crippen LogP contribution < -0.4 is 10.1 Å². The third kappa shape index (κ3) is 4.67. The molecular weight excluding hydrogens is 334 g/mol. The van der Waals surface area contributed by atoms with Crippen LogP contribution in [0, 0.1) is 5.92 Å². The van der Waals surface area contributed by atoms with Crippen molar-refractivity contribution in [2.75, 3.05) is 13.2 Å². The van der Waals surface area contributed by atoms with Crippen molar-refractivity contribution in [3.05, 3.63) is 27.7 Å². The highest BCUT2D eigenvalue weighted by atomic mass is 79.9. The summed E-state index contributed by atoms with van der Waals surface area (Å²) in [5.74, 6) is 0.662. The first kappa shape index (κ1) is 14.6. The Hall–Kier alpha value is -0.780. The van der Waals surface area contributed by atoms with E-state index in [1.165, 1.54) is 0 Å². The Bertz CT molecular complexity index is 465. The van der Waals surface area contributed by atoms with E-state index in [1.807, 2.05) is 0 Å². The zero-order chi connectivity index (χ0) is 13.8. The molecule has 1 aromatic rings. The standard InChI is InChI=1S/C13H15BrClNO3/c14-10-5-9(15)3-4-12(10)19-7-13(18)16-6-11(17)8-1-2-8/h3-5,8,11,17H,1-2,6-7H2,(H,16,18). The number of ether oxygens (including phenoxy) is 1. The van der Waals surface area contributed by atoms with Crippen molar-refractivity contribution in [2.24, 2.45) is 5.92 Å². The van der Waals surface area contributed by atoms with Crippen LogP contribution in [0.15, 0.2) is 22.7 Å². The molecule has 104 valence electrons. The van der Waals surface area contributed by atoms with Crippen molar-refractivity contribution < 1.29 is 14.6 Å². The fourth-order valence-electron chi connectivity index (χ4n) is 1.65. The molecule has 0 radical (unpaired) electrons. The van der Waals surface area contributed by atoms with E-state index in [-0.39, 0.29) is 19.1 Å². The highest BCUT2D eigenvalue weighted by Crippen LogP contribution is 2.32. The molecule has 0 spiro atoms. The lowest BCUT2D eigenvalue weighted by Gasteiger charge is -2.12. The lowest BCUT2D eigenvalue weighted by Crippen LogP contribution is -2.36. The van der Waals surface area contributed by atoms with Crippen LogP contribution in [-0.2, 0) is 4.79 Å². The first-order chi connectivity index (χ1) is 9.06. The van der Waals surface area contributed by atoms with Crippen LogP contribution in [0.2, 0.25) is 5.02 Å². The molecule has 1 fully saturated rings. The zero-order valence-electron chi connectivity index (χ0n) is 10.2. The first-order valence-corrected chi connectivity index (χ1v) is 7.26. The summed E-state index contributed by atoms with van der Waals surface area (Å²) in [6, 6.07) is 5.08. The minimum absolute atomic E-state index is 0.0857. The quantitative estimate of drug-likeness (QED) is 0.830. The monoisotopic (exact) mass is 347 g/mol. The second-order valence-electron chi connectivity index (χ2n) is 4.57. The van der Waals surface area contributed by atoms with Crippen LogP contribution >= 0.6 is 27.5 Å². The molecular formula is C13H15BrClNO3. The topological polar surface area (TPSA) is 58.6 Å². The summed E-state index contributed by atoms with van der Waals surface area (Å²) in [5, 5.41) is 12.9. The van der Waals surface area contributed by atoms with Gasteiger partial charge in [-0.25, -0.2) is 0 Å². The fraction of sp³-hybridized carbons (Fsp3) is 0.462. The molecule has 4 nitrogen and oxygen atoms in total. The van der Waals surface area contributed by atoms with E-state index in [0.29, 0.717) is 21.2 Å². The van der Waals surface area contributed by atoms with Crippen LogP contribution in [0.5, 0.6) is 5.75 Å². The third-order valence-corrected chi connectivity index (χ3v) is 3.78. The summed E-state index contributed by atoms with van der Waals surface area (Å²) in [6.07, 6.45) is 1.66. The summed E-state index contributed by atoms with van der Waals surface area (Å²) in [7, 11) is 0. The number of aliphatic hydroxyl groups excluding tert-OH is 1. The smallest absolute Gasteiger partial charge is 0.258 e. The molecule has 0 bridgehead atoms. The first-order valence-electron chi connectivity index (χ1n) is 6.09. The molecule has 2 N–H and O–H groups in total. The zero-order valence-corrected chi connectivity index (χ0v) is 12.6. The Balaban J connectivity index is 1.73. The molecule has 0 aliphatic heterocycles. The van der Waals surface area contributed by atoms with Gasteiger partial charge in [-0.2, -0.15) is 0 Å². The second-order valence-corrected chi connectivity index (χ2v) is 5.86. The Morgan fingerprint density at radius 2 is 2.32 bits per heavy atom. The number of aliphatic hydroxyl groups is 1. The van der Waals surface area contributed by atoms with E-state index in [1.54, 1.807) is 18.2 Å². The van der Waals surface area contributed by atoms with E-state index < -0.39 is 6.10 Å². The average molecular weight is 349 g/mol. The summed E-state index contributed by atoms with van der Waals surface area (Å²) < 4.78 is 6.06. The Morgan fingerprint density at radius 3 is 2.95 bits per heavy atom. The molecule has 2 rings (SSSR count). The summed E-state index contributed by atoms with van der Waals surface area (Å²) >= 11 is 9.11. The van der Waals surface area contributed by atoms with E-state index in [9.17, 15) is 9.90 Å². The number of halogens is 2. The summed E-state index contributed by atoms with van der Waals surface area (Å²) in [6.45, 7) is 0.201. The van der Waals surface area contributed by atoms with Crippen LogP contribution in [-0.4, -0.2) is 30.3 Å². The van der Waals surface area contributed by atoms with Gasteiger partial charge in [0.1, 0.15) is 5.75 Å². The molecule has 1 aliphatic carbocycles. The van der Waals surface area contributed by atoms with E-state index in [2.05, 4.69) is 21.2 Å². The number of carbonyl (C=O) groups excluding carboxylic acids is 1. The molecule has 0 saturated heterocycles. The van der Waals surface area contributed by atoms with Gasteiger partial charge in [-0.15, -0.1) is 0 Å². The second kappa shape index (κ2) is 6.59. The Labute approximate surface area is 125 Å². The molecule has 0 aromatic heterocycles. The number of carbonyl (C=O) groups is 1. The van der Waals surface area contributed by atoms with Gasteiger partial charge in [-0.3, -0.25) is 4.79 Å². The van der Waals surface area contributed by atoms with Crippen molar-refractivity contribution in [1.29, 1.82) is 0 Å². The number of nitrogens with one attached hydrogen (secondary N) is 1. The molecule has 1 saturated carbocycles. The summed E-state index contributed by atoms with van der Waals surface area (Å²) in [5.41, 5.74) is 0. The number of rotatable bonds is 6. The van der Waals surface area contributed by atoms with E-state index >= 15 is 0 Å². The van der Waals surface area contributed by atoms with Crippen molar-refractivity contribution in [3.8, 4) is 5.75 Å². The lowest BCUT2D eigenvalue weighted by molar-refractivity contribution is -0.123. The predicted molar refractivity (Wildman–Crippen MR) is 76.4 cm³/mol. The molecule has 1 atom stereocenters. The van der Waals surface area contributed by atoms with E-state index in [4.69, 9.17) is 16.3 Å². The van der Waals surface area contributed by atoms with Gasteiger partial charge >= 0.3 is 0 Å². The maximum Gasteiger partial charge on any atom is 0.258 e. The molecule has 1 unspecified atom stereocenters. The van der Waals surface area contributed by atoms with Crippen LogP contribution in [0.1, 0.15) is 12.8 Å². The van der Waals surface area contributed by atoms with Crippen molar-refractivity contribution >= 4 is 33.4 Å². The lowest BCUT2D eigenvalue weighted by atomic mass is 10.2. The SMILES string of the molecule is O=C(COc1ccc(Cl)cc1Br)NCC(O)C1CC1. The molecule has 6 heteroatoms. The van der Waals surface area contributed by atoms with Gasteiger partial charge in [0.15, 0.2) is 6.61 Å². The van der Waals surface area contributed by atoms with Gasteiger partial charge in [0.05, 0.1) is 10.6 Å². The predicted octanol–water partition coefficient (Wildman–Crippen LogP) is 2.37. The van der Waals surface area contributed by atoms with Crippen LogP contribution in [0.4, 0.5) is 0 Å². The molecule has 1 amide bonds. The van der Waals surface area contributed by atoms with Crippen molar-refractivity contribution in [1.82, 2.24) is 5.32 Å². The largest absolute Gasteiger partial charge is 0.483 e. The van der Waals surface area contributed by atoms with Gasteiger partial charge < -0.3 is 15.2 Å². The maximum atomic E-state index is 11.6. The van der Waals surface area contributed by atoms with Gasteiger partial charge in [-0.1, -0.05) is 11.6 Å². The number of benzene rings is 1. The Kier molecular flexibility index (Phi) is 5.07. The fourth-order valence-corrected chi connectivity index (χ4v) is 2.45. The molecule has 1 aromatic carbocycles. The molecule has 0 heterocycles. The number of amides is 1. The minimum atomic E-state index is -0.439. The van der Waals surface area contributed by atoms with Gasteiger partial charge in [0, 0.05) is 11.6 Å². The van der Waals surface area contributed by atoms with Crippen LogP contribution in [0.3, 0.4) is 0 Å². The van der Waals surface area contributed by atoms with Crippen molar-refractivity contribution in [3.63, 3.8) is 0 Å². The van der Waals surface area contributed by atoms with Gasteiger partial charge in [0.2, 0.25) is 0 Å². The third-order valence-electron chi connectivity index (χ3n) is 2.93. The maximum absolute atomic E-state index is 11.6. The average Bonchev–Trinajstić information content (AvgIpc) is 3.19. The van der Waals surface area contributed by atoms with E-state index in [0.717, 1.165) is 12.8 Å². The highest BCUT2D eigenvalue weighted by molar-refractivity contribution is 9.10. The number of hydrogen-bond donors (Lipinski definition) is 2. The van der Waals surface area contributed by atoms with Gasteiger partial charge in [-0.05, 0) is 52.9 Å². The Morgan fingerprint density at radius 1 is 1.58 bits per heavy atom. The highest BCUT2D eigenvalue weighted by Gasteiger charge is 2.29. The molecule has 1 aliphatic rings. The number of hydrogen-bond acceptors (Lipinski definition) is 3. The van der Waals surface area contributed by atoms with Crippen molar-refractivity contribution in [2.45, 2.75) is 18.9 Å². The van der Waals surface area contributed by atoms with Gasteiger partial charge in [0.25, 0.3) is 5.91 Å². The van der Waals surface area contributed by atoms with Crippen LogP contribution in [0.25, 0.3) is 0 Å². The minimum Gasteiger partial charge on any atom is -0.483 e. The summed E-state index contributed by atoms with van der Waals surface area (Å²) in [4.78, 5) is 11.6. The molecule has 19 heavy (non-hydrogen) atoms.